The van der Waals surface area contributed by atoms with E-state index in [1.807, 2.05) is 6.92 Å². The highest BCUT2D eigenvalue weighted by Crippen LogP contribution is 2.30. The lowest BCUT2D eigenvalue weighted by molar-refractivity contribution is 0.205. The van der Waals surface area contributed by atoms with E-state index in [1.165, 1.54) is 31.9 Å². The van der Waals surface area contributed by atoms with Gasteiger partial charge in [0.2, 0.25) is 10.0 Å². The van der Waals surface area contributed by atoms with E-state index in [9.17, 15) is 8.42 Å². The van der Waals surface area contributed by atoms with Gasteiger partial charge in [0.25, 0.3) is 0 Å². The lowest BCUT2D eigenvalue weighted by Gasteiger charge is -2.35. The second kappa shape index (κ2) is 8.35. The summed E-state index contributed by atoms with van der Waals surface area (Å²) in [5.74, 6) is 1.51. The third kappa shape index (κ3) is 5.70. The lowest BCUT2D eigenvalue weighted by Crippen LogP contribution is -2.42. The van der Waals surface area contributed by atoms with Crippen LogP contribution in [-0.2, 0) is 10.0 Å². The van der Waals surface area contributed by atoms with Gasteiger partial charge in [-0.15, -0.1) is 0 Å². The fourth-order valence-electron chi connectivity index (χ4n) is 3.31. The van der Waals surface area contributed by atoms with Gasteiger partial charge in [-0.3, -0.25) is 0 Å². The molecule has 0 spiro atoms. The largest absolute Gasteiger partial charge is 0.314 e. The summed E-state index contributed by atoms with van der Waals surface area (Å²) in [6.45, 7) is 8.63. The van der Waals surface area contributed by atoms with Crippen LogP contribution < -0.4 is 5.32 Å². The Balaban J connectivity index is 2.32. The van der Waals surface area contributed by atoms with E-state index in [-0.39, 0.29) is 0 Å². The van der Waals surface area contributed by atoms with Gasteiger partial charge in [0, 0.05) is 19.1 Å². The van der Waals surface area contributed by atoms with Gasteiger partial charge in [-0.05, 0) is 37.6 Å². The fourth-order valence-corrected chi connectivity index (χ4v) is 4.24. The van der Waals surface area contributed by atoms with Crippen molar-refractivity contribution in [2.45, 2.75) is 58.9 Å². The van der Waals surface area contributed by atoms with Gasteiger partial charge in [-0.2, -0.15) is 0 Å². The molecule has 2 unspecified atom stereocenters. The molecule has 0 amide bonds. The van der Waals surface area contributed by atoms with Crippen LogP contribution in [0.15, 0.2) is 0 Å². The first kappa shape index (κ1) is 17.9. The van der Waals surface area contributed by atoms with E-state index in [0.29, 0.717) is 19.1 Å². The lowest BCUT2D eigenvalue weighted by atomic mass is 9.78. The standard InChI is InChI=1S/C15H32N2O2S/c1-5-17(20(4,18)19)12-8-11-16-15-10-7-6-9-14(15)13(2)3/h13-16H,5-12H2,1-4H3. The first-order valence-electron chi connectivity index (χ1n) is 8.04. The van der Waals surface area contributed by atoms with Gasteiger partial charge < -0.3 is 5.32 Å². The Kier molecular flexibility index (Phi) is 7.48. The molecule has 0 bridgehead atoms. The number of hydrogen-bond donors (Lipinski definition) is 1. The van der Waals surface area contributed by atoms with E-state index in [2.05, 4.69) is 19.2 Å². The van der Waals surface area contributed by atoms with Crippen LogP contribution in [0.1, 0.15) is 52.9 Å². The summed E-state index contributed by atoms with van der Waals surface area (Å²) < 4.78 is 24.6. The molecular weight excluding hydrogens is 272 g/mol. The number of hydrogen-bond acceptors (Lipinski definition) is 3. The highest BCUT2D eigenvalue weighted by Gasteiger charge is 2.26. The molecule has 1 aliphatic rings. The molecule has 0 aromatic heterocycles. The molecular formula is C15H32N2O2S. The van der Waals surface area contributed by atoms with E-state index < -0.39 is 10.0 Å². The normalized spacial score (nSPS) is 24.5. The van der Waals surface area contributed by atoms with Crippen LogP contribution in [0.3, 0.4) is 0 Å². The summed E-state index contributed by atoms with van der Waals surface area (Å²) in [5.41, 5.74) is 0. The summed E-state index contributed by atoms with van der Waals surface area (Å²) in [4.78, 5) is 0. The predicted octanol–water partition coefficient (Wildman–Crippen LogP) is 2.46. The highest BCUT2D eigenvalue weighted by atomic mass is 32.2. The molecule has 1 N–H and O–H groups in total. The van der Waals surface area contributed by atoms with E-state index in [1.54, 1.807) is 4.31 Å². The second-order valence-corrected chi connectivity index (χ2v) is 8.34. The van der Waals surface area contributed by atoms with Crippen molar-refractivity contribution in [2.75, 3.05) is 25.9 Å². The van der Waals surface area contributed by atoms with Crippen LogP contribution in [0.5, 0.6) is 0 Å². The van der Waals surface area contributed by atoms with Crippen LogP contribution >= 0.6 is 0 Å². The maximum absolute atomic E-state index is 11.5. The summed E-state index contributed by atoms with van der Waals surface area (Å²) in [7, 11) is -3.04. The third-order valence-corrected chi connectivity index (χ3v) is 5.87. The van der Waals surface area contributed by atoms with Crippen LogP contribution in [0, 0.1) is 11.8 Å². The van der Waals surface area contributed by atoms with Gasteiger partial charge >= 0.3 is 0 Å². The quantitative estimate of drug-likeness (QED) is 0.701. The summed E-state index contributed by atoms with van der Waals surface area (Å²) in [5, 5.41) is 3.66. The zero-order valence-corrected chi connectivity index (χ0v) is 14.4. The molecule has 1 saturated carbocycles. The molecule has 0 aromatic rings. The molecule has 1 aliphatic carbocycles. The molecule has 0 aliphatic heterocycles. The maximum atomic E-state index is 11.5. The SMILES string of the molecule is CCN(CCCNC1CCCCC1C(C)C)S(C)(=O)=O. The van der Waals surface area contributed by atoms with Crippen LogP contribution in [0.4, 0.5) is 0 Å². The van der Waals surface area contributed by atoms with Crippen molar-refractivity contribution < 1.29 is 8.42 Å². The molecule has 5 heteroatoms. The van der Waals surface area contributed by atoms with Crippen molar-refractivity contribution in [3.63, 3.8) is 0 Å². The van der Waals surface area contributed by atoms with Gasteiger partial charge in [-0.1, -0.05) is 33.6 Å². The minimum atomic E-state index is -3.04. The second-order valence-electron chi connectivity index (χ2n) is 6.36. The summed E-state index contributed by atoms with van der Waals surface area (Å²) >= 11 is 0. The summed E-state index contributed by atoms with van der Waals surface area (Å²) in [6.07, 6.45) is 7.47. The Morgan fingerprint density at radius 3 is 2.45 bits per heavy atom. The first-order valence-corrected chi connectivity index (χ1v) is 9.89. The molecule has 20 heavy (non-hydrogen) atoms. The number of rotatable bonds is 8. The van der Waals surface area contributed by atoms with Crippen molar-refractivity contribution in [3.05, 3.63) is 0 Å². The molecule has 0 aromatic carbocycles. The molecule has 0 saturated heterocycles. The van der Waals surface area contributed by atoms with Crippen molar-refractivity contribution in [1.29, 1.82) is 0 Å². The number of nitrogens with one attached hydrogen (secondary N) is 1. The molecule has 4 nitrogen and oxygen atoms in total. The van der Waals surface area contributed by atoms with Gasteiger partial charge in [-0.25, -0.2) is 12.7 Å². The Bertz CT molecular complexity index is 368. The predicted molar refractivity (Wildman–Crippen MR) is 85.3 cm³/mol. The first-order chi connectivity index (χ1) is 9.36. The minimum absolute atomic E-state index is 0.566. The zero-order valence-electron chi connectivity index (χ0n) is 13.6. The highest BCUT2D eigenvalue weighted by molar-refractivity contribution is 7.88. The van der Waals surface area contributed by atoms with Gasteiger partial charge in [0.05, 0.1) is 6.26 Å². The summed E-state index contributed by atoms with van der Waals surface area (Å²) in [6, 6.07) is 0.622. The van der Waals surface area contributed by atoms with Crippen molar-refractivity contribution in [2.24, 2.45) is 11.8 Å². The van der Waals surface area contributed by atoms with E-state index >= 15 is 0 Å². The van der Waals surface area contributed by atoms with Crippen LogP contribution in [0.25, 0.3) is 0 Å². The molecule has 1 fully saturated rings. The third-order valence-electron chi connectivity index (χ3n) is 4.49. The average Bonchev–Trinajstić information content (AvgIpc) is 2.37. The van der Waals surface area contributed by atoms with Crippen molar-refractivity contribution >= 4 is 10.0 Å². The zero-order chi connectivity index (χ0) is 15.2. The van der Waals surface area contributed by atoms with Gasteiger partial charge in [0.15, 0.2) is 0 Å². The van der Waals surface area contributed by atoms with E-state index in [4.69, 9.17) is 0 Å². The molecule has 120 valence electrons. The molecule has 0 heterocycles. The average molecular weight is 305 g/mol. The Morgan fingerprint density at radius 2 is 1.90 bits per heavy atom. The molecule has 1 rings (SSSR count). The van der Waals surface area contributed by atoms with Crippen LogP contribution in [-0.4, -0.2) is 44.7 Å². The Hall–Kier alpha value is -0.130. The minimum Gasteiger partial charge on any atom is -0.314 e. The molecule has 2 atom stereocenters. The number of nitrogens with zero attached hydrogens (tertiary/aromatic N) is 1. The van der Waals surface area contributed by atoms with Crippen molar-refractivity contribution in [3.8, 4) is 0 Å². The van der Waals surface area contributed by atoms with Gasteiger partial charge in [0.1, 0.15) is 0 Å². The Labute approximate surface area is 125 Å². The fraction of sp³-hybridized carbons (Fsp3) is 1.00. The topological polar surface area (TPSA) is 49.4 Å². The molecule has 0 radical (unpaired) electrons. The number of sulfonamides is 1. The Morgan fingerprint density at radius 1 is 1.25 bits per heavy atom. The van der Waals surface area contributed by atoms with Crippen LogP contribution in [0.2, 0.25) is 0 Å². The smallest absolute Gasteiger partial charge is 0.211 e. The van der Waals surface area contributed by atoms with Crippen molar-refractivity contribution in [1.82, 2.24) is 9.62 Å². The maximum Gasteiger partial charge on any atom is 0.211 e. The van der Waals surface area contributed by atoms with E-state index in [0.717, 1.165) is 24.8 Å². The monoisotopic (exact) mass is 304 g/mol.